The minimum atomic E-state index is -1.10. The Morgan fingerprint density at radius 2 is 2.06 bits per heavy atom. The maximum Gasteiger partial charge on any atom is 0.341 e. The molecule has 0 unspecified atom stereocenters. The van der Waals surface area contributed by atoms with Crippen LogP contribution >= 0.6 is 23.2 Å². The monoisotopic (exact) mass is 288 g/mol. The van der Waals surface area contributed by atoms with Crippen molar-refractivity contribution in [1.82, 2.24) is 0 Å². The van der Waals surface area contributed by atoms with Gasteiger partial charge in [0.2, 0.25) is 0 Å². The Kier molecular flexibility index (Phi) is 3.78. The summed E-state index contributed by atoms with van der Waals surface area (Å²) in [5.41, 5.74) is 1.21. The highest BCUT2D eigenvalue weighted by atomic mass is 35.5. The molecule has 1 aromatic carbocycles. The Balaban J connectivity index is 2.42. The molecule has 0 spiro atoms. The molecule has 0 aromatic heterocycles. The first-order valence-corrected chi connectivity index (χ1v) is 6.15. The van der Waals surface area contributed by atoms with E-state index < -0.39 is 12.6 Å². The SMILES string of the molecule is O=C(O)COc1cc2c(c(Cl)c1Cl)C(=O)CCC2. The molecule has 6 heteroatoms. The predicted molar refractivity (Wildman–Crippen MR) is 66.9 cm³/mol. The van der Waals surface area contributed by atoms with Gasteiger partial charge in [-0.1, -0.05) is 23.2 Å². The molecule has 4 nitrogen and oxygen atoms in total. The van der Waals surface area contributed by atoms with Gasteiger partial charge >= 0.3 is 5.97 Å². The number of halogens is 2. The molecule has 0 bridgehead atoms. The number of ether oxygens (including phenoxy) is 1. The fraction of sp³-hybridized carbons (Fsp3) is 0.333. The quantitative estimate of drug-likeness (QED) is 0.929. The first-order valence-electron chi connectivity index (χ1n) is 5.39. The van der Waals surface area contributed by atoms with Crippen LogP contribution in [0.3, 0.4) is 0 Å². The molecule has 0 aliphatic heterocycles. The van der Waals surface area contributed by atoms with Crippen molar-refractivity contribution in [3.63, 3.8) is 0 Å². The van der Waals surface area contributed by atoms with Crippen LogP contribution in [0.15, 0.2) is 6.07 Å². The summed E-state index contributed by atoms with van der Waals surface area (Å²) in [5.74, 6) is -0.929. The van der Waals surface area contributed by atoms with Gasteiger partial charge in [0.1, 0.15) is 10.8 Å². The molecule has 1 aliphatic rings. The molecular weight excluding hydrogens is 279 g/mol. The summed E-state index contributed by atoms with van der Waals surface area (Å²) in [6.07, 6.45) is 1.92. The number of hydrogen-bond donors (Lipinski definition) is 1. The number of Topliss-reactive ketones (excluding diaryl/α,β-unsaturated/α-hetero) is 1. The number of rotatable bonds is 3. The van der Waals surface area contributed by atoms with Crippen LogP contribution in [0.5, 0.6) is 5.75 Å². The van der Waals surface area contributed by atoms with Crippen LogP contribution in [0.4, 0.5) is 0 Å². The lowest BCUT2D eigenvalue weighted by molar-refractivity contribution is -0.139. The summed E-state index contributed by atoms with van der Waals surface area (Å²) in [7, 11) is 0. The summed E-state index contributed by atoms with van der Waals surface area (Å²) in [5, 5.41) is 8.80. The Morgan fingerprint density at radius 3 is 2.72 bits per heavy atom. The Morgan fingerprint density at radius 1 is 1.33 bits per heavy atom. The zero-order chi connectivity index (χ0) is 13.3. The lowest BCUT2D eigenvalue weighted by Gasteiger charge is -2.18. The number of aliphatic carboxylic acids is 1. The van der Waals surface area contributed by atoms with Crippen LogP contribution in [0.1, 0.15) is 28.8 Å². The molecular formula is C12H10Cl2O4. The molecule has 0 heterocycles. The van der Waals surface area contributed by atoms with Crippen molar-refractivity contribution < 1.29 is 19.4 Å². The molecule has 96 valence electrons. The van der Waals surface area contributed by atoms with Crippen LogP contribution in [0.25, 0.3) is 0 Å². The van der Waals surface area contributed by atoms with E-state index in [-0.39, 0.29) is 21.6 Å². The van der Waals surface area contributed by atoms with Crippen molar-refractivity contribution in [1.29, 1.82) is 0 Å². The minimum absolute atomic E-state index is 0.0343. The van der Waals surface area contributed by atoms with Gasteiger partial charge in [0, 0.05) is 12.0 Å². The molecule has 1 N–H and O–H groups in total. The molecule has 0 saturated carbocycles. The van der Waals surface area contributed by atoms with Crippen molar-refractivity contribution in [2.75, 3.05) is 6.61 Å². The summed E-state index contributed by atoms with van der Waals surface area (Å²) in [6, 6.07) is 1.60. The molecule has 1 aliphatic carbocycles. The molecule has 0 fully saturated rings. The van der Waals surface area contributed by atoms with Gasteiger partial charge in [-0.2, -0.15) is 0 Å². The number of carbonyl (C=O) groups excluding carboxylic acids is 1. The summed E-state index contributed by atoms with van der Waals surface area (Å²) in [6.45, 7) is -0.497. The maximum atomic E-state index is 11.8. The number of ketones is 1. The van der Waals surface area contributed by atoms with Crippen LogP contribution < -0.4 is 4.74 Å². The van der Waals surface area contributed by atoms with Crippen LogP contribution in [0.2, 0.25) is 10.0 Å². The second kappa shape index (κ2) is 5.16. The number of carboxylic acids is 1. The van der Waals surface area contributed by atoms with Gasteiger partial charge in [-0.05, 0) is 24.5 Å². The summed E-state index contributed by atoms with van der Waals surface area (Å²) >= 11 is 12.0. The minimum Gasteiger partial charge on any atom is -0.480 e. The number of aryl methyl sites for hydroxylation is 1. The number of carboxylic acid groups (broad SMARTS) is 1. The third-order valence-corrected chi connectivity index (χ3v) is 3.58. The van der Waals surface area contributed by atoms with Gasteiger partial charge < -0.3 is 9.84 Å². The topological polar surface area (TPSA) is 63.6 Å². The van der Waals surface area contributed by atoms with Gasteiger partial charge in [0.25, 0.3) is 0 Å². The lowest BCUT2D eigenvalue weighted by Crippen LogP contribution is -2.14. The molecule has 0 saturated heterocycles. The van der Waals surface area contributed by atoms with Crippen LogP contribution in [-0.4, -0.2) is 23.5 Å². The summed E-state index contributed by atoms with van der Waals surface area (Å²) < 4.78 is 5.05. The van der Waals surface area contributed by atoms with Crippen molar-refractivity contribution >= 4 is 35.0 Å². The number of hydrogen-bond acceptors (Lipinski definition) is 3. The van der Waals surface area contributed by atoms with E-state index in [4.69, 9.17) is 33.0 Å². The van der Waals surface area contributed by atoms with E-state index in [1.165, 1.54) is 0 Å². The molecule has 1 aromatic rings. The molecule has 0 amide bonds. The molecule has 0 atom stereocenters. The highest BCUT2D eigenvalue weighted by molar-refractivity contribution is 6.45. The second-order valence-corrected chi connectivity index (χ2v) is 4.75. The fourth-order valence-electron chi connectivity index (χ4n) is 1.96. The van der Waals surface area contributed by atoms with Crippen LogP contribution in [-0.2, 0) is 11.2 Å². The van der Waals surface area contributed by atoms with Crippen LogP contribution in [0, 0.1) is 0 Å². The maximum absolute atomic E-state index is 11.8. The molecule has 18 heavy (non-hydrogen) atoms. The first kappa shape index (κ1) is 13.2. The van der Waals surface area contributed by atoms with Gasteiger partial charge in [-0.25, -0.2) is 4.79 Å². The lowest BCUT2D eigenvalue weighted by atomic mass is 9.90. The summed E-state index contributed by atoms with van der Waals surface area (Å²) in [4.78, 5) is 22.2. The zero-order valence-corrected chi connectivity index (χ0v) is 10.8. The standard InChI is InChI=1S/C12H10Cl2O4/c13-11-8(18-5-9(16)17)4-6-2-1-3-7(15)10(6)12(11)14/h4H,1-3,5H2,(H,16,17). The number of carbonyl (C=O) groups is 2. The first-order chi connectivity index (χ1) is 8.50. The predicted octanol–water partition coefficient (Wildman–Crippen LogP) is 2.98. The number of fused-ring (bicyclic) bond motifs is 1. The number of benzene rings is 1. The van der Waals surface area contributed by atoms with E-state index in [1.807, 2.05) is 0 Å². The Bertz CT molecular complexity index is 525. The highest BCUT2D eigenvalue weighted by Crippen LogP contribution is 2.39. The molecule has 0 radical (unpaired) electrons. The van der Waals surface area contributed by atoms with Crippen molar-refractivity contribution in [3.05, 3.63) is 27.2 Å². The third kappa shape index (κ3) is 2.44. The highest BCUT2D eigenvalue weighted by Gasteiger charge is 2.24. The van der Waals surface area contributed by atoms with Crippen molar-refractivity contribution in [2.24, 2.45) is 0 Å². The van der Waals surface area contributed by atoms with Gasteiger partial charge in [-0.3, -0.25) is 4.79 Å². The average molecular weight is 289 g/mol. The Labute approximate surface area is 113 Å². The smallest absolute Gasteiger partial charge is 0.341 e. The van der Waals surface area contributed by atoms with E-state index >= 15 is 0 Å². The van der Waals surface area contributed by atoms with Gasteiger partial charge in [0.05, 0.1) is 5.02 Å². The fourth-order valence-corrected chi connectivity index (χ4v) is 2.48. The van der Waals surface area contributed by atoms with Crippen molar-refractivity contribution in [2.45, 2.75) is 19.3 Å². The van der Waals surface area contributed by atoms with Gasteiger partial charge in [0.15, 0.2) is 12.4 Å². The van der Waals surface area contributed by atoms with E-state index in [2.05, 4.69) is 0 Å². The van der Waals surface area contributed by atoms with Gasteiger partial charge in [-0.15, -0.1) is 0 Å². The zero-order valence-electron chi connectivity index (χ0n) is 9.33. The average Bonchev–Trinajstić information content (AvgIpc) is 2.31. The second-order valence-electron chi connectivity index (χ2n) is 4.00. The van der Waals surface area contributed by atoms with E-state index in [0.717, 1.165) is 12.0 Å². The normalized spacial score (nSPS) is 14.2. The molecule has 2 rings (SSSR count). The van der Waals surface area contributed by atoms with E-state index in [9.17, 15) is 9.59 Å². The Hall–Kier alpha value is -1.26. The third-order valence-electron chi connectivity index (χ3n) is 2.73. The largest absolute Gasteiger partial charge is 0.480 e. The van der Waals surface area contributed by atoms with Crippen molar-refractivity contribution in [3.8, 4) is 5.75 Å². The van der Waals surface area contributed by atoms with E-state index in [1.54, 1.807) is 6.07 Å². The van der Waals surface area contributed by atoms with E-state index in [0.29, 0.717) is 18.4 Å².